The molecule has 1 aliphatic carbocycles. The molecule has 0 fully saturated rings. The van der Waals surface area contributed by atoms with Crippen molar-refractivity contribution in [1.82, 2.24) is 0 Å². The summed E-state index contributed by atoms with van der Waals surface area (Å²) < 4.78 is 0. The molecule has 0 amide bonds. The third kappa shape index (κ3) is 1.84. The van der Waals surface area contributed by atoms with E-state index in [9.17, 15) is 5.11 Å². The van der Waals surface area contributed by atoms with Gasteiger partial charge in [-0.25, -0.2) is 0 Å². The van der Waals surface area contributed by atoms with Crippen molar-refractivity contribution in [2.24, 2.45) is 0 Å². The van der Waals surface area contributed by atoms with Gasteiger partial charge in [-0.05, 0) is 47.2 Å². The van der Waals surface area contributed by atoms with Crippen LogP contribution in [0.5, 0.6) is 5.75 Å². The van der Waals surface area contributed by atoms with Crippen molar-refractivity contribution in [2.75, 3.05) is 0 Å². The summed E-state index contributed by atoms with van der Waals surface area (Å²) >= 11 is 0. The number of rotatable bonds is 1. The molecule has 0 saturated heterocycles. The van der Waals surface area contributed by atoms with E-state index in [-0.39, 0.29) is 0 Å². The highest BCUT2D eigenvalue weighted by Crippen LogP contribution is 2.33. The summed E-state index contributed by atoms with van der Waals surface area (Å²) in [7, 11) is 0. The van der Waals surface area contributed by atoms with Gasteiger partial charge in [-0.3, -0.25) is 0 Å². The van der Waals surface area contributed by atoms with E-state index in [0.29, 0.717) is 5.75 Å². The van der Waals surface area contributed by atoms with Gasteiger partial charge in [0.05, 0.1) is 0 Å². The van der Waals surface area contributed by atoms with Gasteiger partial charge in [0.15, 0.2) is 0 Å². The molecule has 1 heteroatoms. The van der Waals surface area contributed by atoms with E-state index in [0.717, 1.165) is 12.8 Å². The van der Waals surface area contributed by atoms with Crippen LogP contribution in [0.15, 0.2) is 54.6 Å². The standard InChI is InChI=1S/C16H14O/c17-14-9-10-16-13(11-14)7-4-8-15(16)12-5-2-1-3-6-12/h1-3,5-6,8-11,17H,4,7H2. The largest absolute Gasteiger partial charge is 0.508 e. The molecule has 0 unspecified atom stereocenters. The molecule has 1 aliphatic rings. The van der Waals surface area contributed by atoms with Gasteiger partial charge in [0.25, 0.3) is 0 Å². The second kappa shape index (κ2) is 4.10. The summed E-state index contributed by atoms with van der Waals surface area (Å²) in [6, 6.07) is 16.1. The summed E-state index contributed by atoms with van der Waals surface area (Å²) in [5, 5.41) is 9.53. The second-order valence-corrected chi connectivity index (χ2v) is 4.36. The van der Waals surface area contributed by atoms with Crippen molar-refractivity contribution in [3.8, 4) is 5.75 Å². The lowest BCUT2D eigenvalue weighted by atomic mass is 9.87. The van der Waals surface area contributed by atoms with Crippen molar-refractivity contribution in [2.45, 2.75) is 12.8 Å². The van der Waals surface area contributed by atoms with Crippen molar-refractivity contribution in [3.05, 3.63) is 71.3 Å². The predicted octanol–water partition coefficient (Wildman–Crippen LogP) is 3.77. The van der Waals surface area contributed by atoms with Crippen LogP contribution in [0, 0.1) is 0 Å². The molecule has 1 nitrogen and oxygen atoms in total. The third-order valence-corrected chi connectivity index (χ3v) is 3.23. The fourth-order valence-corrected chi connectivity index (χ4v) is 2.42. The van der Waals surface area contributed by atoms with Crippen LogP contribution in [0.25, 0.3) is 5.57 Å². The van der Waals surface area contributed by atoms with Gasteiger partial charge in [0.1, 0.15) is 5.75 Å². The number of aryl methyl sites for hydroxylation is 1. The number of phenolic OH excluding ortho intramolecular Hbond substituents is 1. The Hall–Kier alpha value is -2.02. The quantitative estimate of drug-likeness (QED) is 0.778. The first kappa shape index (κ1) is 10.2. The third-order valence-electron chi connectivity index (χ3n) is 3.23. The fraction of sp³-hybridized carbons (Fsp3) is 0.125. The Kier molecular flexibility index (Phi) is 2.45. The van der Waals surface area contributed by atoms with Gasteiger partial charge in [-0.1, -0.05) is 42.5 Å². The van der Waals surface area contributed by atoms with Gasteiger partial charge in [-0.2, -0.15) is 0 Å². The van der Waals surface area contributed by atoms with Crippen LogP contribution in [0.2, 0.25) is 0 Å². The molecule has 0 atom stereocenters. The van der Waals surface area contributed by atoms with E-state index >= 15 is 0 Å². The topological polar surface area (TPSA) is 20.2 Å². The Morgan fingerprint density at radius 2 is 1.76 bits per heavy atom. The number of allylic oxidation sites excluding steroid dienone is 1. The zero-order valence-corrected chi connectivity index (χ0v) is 9.56. The summed E-state index contributed by atoms with van der Waals surface area (Å²) in [4.78, 5) is 0. The van der Waals surface area contributed by atoms with E-state index in [1.54, 1.807) is 6.07 Å². The first-order valence-electron chi connectivity index (χ1n) is 5.92. The maximum absolute atomic E-state index is 9.53. The molecule has 2 aromatic carbocycles. The Bertz CT molecular complexity index is 567. The molecule has 84 valence electrons. The first-order chi connectivity index (χ1) is 8.34. The Labute approximate surface area is 101 Å². The minimum absolute atomic E-state index is 0.359. The summed E-state index contributed by atoms with van der Waals surface area (Å²) in [5.74, 6) is 0.359. The number of aromatic hydroxyl groups is 1. The highest BCUT2D eigenvalue weighted by atomic mass is 16.3. The number of hydrogen-bond donors (Lipinski definition) is 1. The summed E-state index contributed by atoms with van der Waals surface area (Å²) in [6.45, 7) is 0. The lowest BCUT2D eigenvalue weighted by Gasteiger charge is -2.18. The molecule has 0 saturated carbocycles. The smallest absolute Gasteiger partial charge is 0.115 e. The molecular formula is C16H14O. The zero-order valence-electron chi connectivity index (χ0n) is 9.56. The van der Waals surface area contributed by atoms with Gasteiger partial charge >= 0.3 is 0 Å². The van der Waals surface area contributed by atoms with E-state index in [4.69, 9.17) is 0 Å². The molecule has 0 radical (unpaired) electrons. The molecule has 0 heterocycles. The predicted molar refractivity (Wildman–Crippen MR) is 69.9 cm³/mol. The first-order valence-corrected chi connectivity index (χ1v) is 5.92. The minimum Gasteiger partial charge on any atom is -0.508 e. The van der Waals surface area contributed by atoms with Crippen LogP contribution in [-0.4, -0.2) is 5.11 Å². The van der Waals surface area contributed by atoms with E-state index in [2.05, 4.69) is 30.3 Å². The van der Waals surface area contributed by atoms with Crippen LogP contribution >= 0.6 is 0 Å². The molecule has 17 heavy (non-hydrogen) atoms. The van der Waals surface area contributed by atoms with Crippen LogP contribution in [-0.2, 0) is 6.42 Å². The highest BCUT2D eigenvalue weighted by Gasteiger charge is 2.13. The van der Waals surface area contributed by atoms with Crippen LogP contribution in [0.3, 0.4) is 0 Å². The van der Waals surface area contributed by atoms with Crippen molar-refractivity contribution in [1.29, 1.82) is 0 Å². The lowest BCUT2D eigenvalue weighted by Crippen LogP contribution is -2.00. The molecular weight excluding hydrogens is 208 g/mol. The van der Waals surface area contributed by atoms with Gasteiger partial charge < -0.3 is 5.11 Å². The van der Waals surface area contributed by atoms with Crippen LogP contribution in [0.1, 0.15) is 23.1 Å². The molecule has 0 spiro atoms. The van der Waals surface area contributed by atoms with Gasteiger partial charge in [-0.15, -0.1) is 0 Å². The van der Waals surface area contributed by atoms with Crippen molar-refractivity contribution < 1.29 is 5.11 Å². The highest BCUT2D eigenvalue weighted by molar-refractivity contribution is 5.82. The summed E-state index contributed by atoms with van der Waals surface area (Å²) in [5.41, 5.74) is 5.03. The molecule has 3 rings (SSSR count). The van der Waals surface area contributed by atoms with Crippen molar-refractivity contribution in [3.63, 3.8) is 0 Å². The van der Waals surface area contributed by atoms with E-state index in [1.807, 2.05) is 18.2 Å². The number of hydrogen-bond acceptors (Lipinski definition) is 1. The Morgan fingerprint density at radius 3 is 2.59 bits per heavy atom. The summed E-state index contributed by atoms with van der Waals surface area (Å²) in [6.07, 6.45) is 4.34. The van der Waals surface area contributed by atoms with E-state index in [1.165, 1.54) is 22.3 Å². The van der Waals surface area contributed by atoms with E-state index < -0.39 is 0 Å². The van der Waals surface area contributed by atoms with Crippen LogP contribution in [0.4, 0.5) is 0 Å². The minimum atomic E-state index is 0.359. The van der Waals surface area contributed by atoms with Gasteiger partial charge in [0, 0.05) is 0 Å². The molecule has 0 aromatic heterocycles. The van der Waals surface area contributed by atoms with Crippen LogP contribution < -0.4 is 0 Å². The lowest BCUT2D eigenvalue weighted by molar-refractivity contribution is 0.474. The average molecular weight is 222 g/mol. The second-order valence-electron chi connectivity index (χ2n) is 4.36. The molecule has 2 aromatic rings. The zero-order chi connectivity index (χ0) is 11.7. The molecule has 0 bridgehead atoms. The van der Waals surface area contributed by atoms with Gasteiger partial charge in [0.2, 0.25) is 0 Å². The number of benzene rings is 2. The molecule has 1 N–H and O–H groups in total. The number of fused-ring (bicyclic) bond motifs is 1. The Morgan fingerprint density at radius 1 is 0.941 bits per heavy atom. The Balaban J connectivity index is 2.12. The monoisotopic (exact) mass is 222 g/mol. The maximum atomic E-state index is 9.53. The normalized spacial score (nSPS) is 14.0. The molecule has 0 aliphatic heterocycles. The average Bonchev–Trinajstić information content (AvgIpc) is 2.39. The number of phenols is 1. The maximum Gasteiger partial charge on any atom is 0.115 e. The fourth-order valence-electron chi connectivity index (χ4n) is 2.42. The SMILES string of the molecule is Oc1ccc2c(c1)CCC=C2c1ccccc1. The van der Waals surface area contributed by atoms with Crippen molar-refractivity contribution >= 4 is 5.57 Å².